The van der Waals surface area contributed by atoms with Gasteiger partial charge in [0.15, 0.2) is 21.7 Å². The van der Waals surface area contributed by atoms with Crippen LogP contribution < -0.4 is 21.7 Å². The van der Waals surface area contributed by atoms with Crippen molar-refractivity contribution in [1.29, 1.82) is 0 Å². The number of aryl methyl sites for hydroxylation is 1. The minimum absolute atomic E-state index is 0.00619. The highest BCUT2D eigenvalue weighted by atomic mass is 35.5. The predicted octanol–water partition coefficient (Wildman–Crippen LogP) is 16.7. The molecule has 0 saturated carbocycles. The highest BCUT2D eigenvalue weighted by Gasteiger charge is 2.38. The number of aliphatic hydroxyl groups is 4. The average molecular weight is 1770 g/mol. The number of phenols is 8. The van der Waals surface area contributed by atoms with Gasteiger partial charge in [-0.3, -0.25) is 19.2 Å². The number of nitrogens with zero attached hydrogens (tertiary/aromatic N) is 4. The SMILES string of the molecule is CN1CCC(c2c(O)cc(O)c3c(=O)cc(/C=C/c4c(Cl)cccc4Cl)oc23)C(O)C1.CN1CCC(c2c(O)cc(O)c3c(=O)cc(/C=C/c4c5ccccc5cc5ccccc45)oc23)C(O)C1.CN1CCC(c2c(O)cc(O)c3c(=O)cc(/C=C/c4ccccc4F)oc23)C(O)C1.Cc1ccc(/C=C/c2cc(=O)c3c(O)cc(O)c(C4CCN(C)CC4O)c3o2)cc1. The minimum atomic E-state index is -0.773. The second kappa shape index (κ2) is 38.4. The molecule has 0 bridgehead atoms. The van der Waals surface area contributed by atoms with Gasteiger partial charge in [0.05, 0.1) is 24.4 Å². The Morgan fingerprint density at radius 3 is 0.984 bits per heavy atom. The van der Waals surface area contributed by atoms with Crippen LogP contribution in [0.3, 0.4) is 0 Å². The van der Waals surface area contributed by atoms with Crippen molar-refractivity contribution in [1.82, 2.24) is 19.6 Å². The summed E-state index contributed by atoms with van der Waals surface area (Å²) in [7, 11) is 7.63. The van der Waals surface area contributed by atoms with Gasteiger partial charge >= 0.3 is 0 Å². The molecule has 4 aromatic heterocycles. The van der Waals surface area contributed by atoms with Crippen molar-refractivity contribution in [3.8, 4) is 46.0 Å². The number of benzene rings is 10. The molecule has 10 aromatic carbocycles. The Hall–Kier alpha value is -12.9. The lowest BCUT2D eigenvalue weighted by atomic mass is 9.85. The average Bonchev–Trinajstić information content (AvgIpc) is 0.731. The van der Waals surface area contributed by atoms with Gasteiger partial charge < -0.3 is 98.5 Å². The van der Waals surface area contributed by atoms with Crippen LogP contribution in [-0.2, 0) is 0 Å². The maximum absolute atomic E-state index is 13.9. The van der Waals surface area contributed by atoms with E-state index < -0.39 is 81.4 Å². The van der Waals surface area contributed by atoms with Crippen LogP contribution in [0.1, 0.15) is 122 Å². The fourth-order valence-electron chi connectivity index (χ4n) is 17.7. The fourth-order valence-corrected chi connectivity index (χ4v) is 18.2. The Balaban J connectivity index is 0.000000132. The van der Waals surface area contributed by atoms with Gasteiger partial charge in [0, 0.05) is 142 Å². The molecule has 8 heterocycles. The maximum atomic E-state index is 13.9. The number of hydrogen-bond donors (Lipinski definition) is 12. The zero-order valence-electron chi connectivity index (χ0n) is 70.4. The second-order valence-electron chi connectivity index (χ2n) is 33.2. The maximum Gasteiger partial charge on any atom is 0.197 e. The Bertz CT molecular complexity index is 6910. The molecule has 18 rings (SSSR count). The fraction of sp³-hybridized carbons (Fsp3) is 0.248. The number of aromatic hydroxyl groups is 8. The summed E-state index contributed by atoms with van der Waals surface area (Å²) in [5.41, 5.74) is 3.88. The van der Waals surface area contributed by atoms with Gasteiger partial charge in [-0.05, 0) is 180 Å². The van der Waals surface area contributed by atoms with Crippen molar-refractivity contribution in [2.45, 2.75) is 80.7 Å². The summed E-state index contributed by atoms with van der Waals surface area (Å²) in [5.74, 6) is -3.50. The highest BCUT2D eigenvalue weighted by molar-refractivity contribution is 6.37. The molecule has 4 aliphatic rings. The molecule has 660 valence electrons. The third kappa shape index (κ3) is 19.2. The molecule has 0 radical (unpaired) electrons. The van der Waals surface area contributed by atoms with Gasteiger partial charge in [0.1, 0.15) is 119 Å². The quantitative estimate of drug-likeness (QED) is 0.0505. The monoisotopic (exact) mass is 1770 g/mol. The molecule has 27 heteroatoms. The first-order valence-corrected chi connectivity index (χ1v) is 42.6. The molecule has 0 amide bonds. The summed E-state index contributed by atoms with van der Waals surface area (Å²) in [6.07, 6.45) is 12.6. The van der Waals surface area contributed by atoms with Crippen LogP contribution in [0.4, 0.5) is 4.39 Å². The summed E-state index contributed by atoms with van der Waals surface area (Å²) < 4.78 is 37.8. The summed E-state index contributed by atoms with van der Waals surface area (Å²) in [5, 5.41) is 132. The first-order valence-electron chi connectivity index (χ1n) is 41.8. The smallest absolute Gasteiger partial charge is 0.197 e. The number of piperidine rings is 4. The summed E-state index contributed by atoms with van der Waals surface area (Å²) in [6.45, 7) is 6.58. The topological polar surface area (TPSA) is 377 Å². The van der Waals surface area contributed by atoms with Crippen LogP contribution in [0, 0.1) is 12.7 Å². The molecule has 8 atom stereocenters. The van der Waals surface area contributed by atoms with Gasteiger partial charge in [-0.15, -0.1) is 0 Å². The van der Waals surface area contributed by atoms with Crippen molar-refractivity contribution in [2.24, 2.45) is 0 Å². The number of rotatable bonds is 12. The molecular formula is C101H95Cl2FN4O20. The van der Waals surface area contributed by atoms with E-state index in [9.17, 15) is 84.8 Å². The van der Waals surface area contributed by atoms with E-state index in [1.807, 2.05) is 115 Å². The third-order valence-corrected chi connectivity index (χ3v) is 24.8. The number of likely N-dealkylation sites (tertiary alicyclic amines) is 4. The second-order valence-corrected chi connectivity index (χ2v) is 34.0. The van der Waals surface area contributed by atoms with Gasteiger partial charge in [-0.2, -0.15) is 0 Å². The first-order chi connectivity index (χ1) is 61.3. The van der Waals surface area contributed by atoms with E-state index in [1.54, 1.807) is 60.7 Å². The molecular weight excluding hydrogens is 1680 g/mol. The molecule has 4 saturated heterocycles. The van der Waals surface area contributed by atoms with Crippen molar-refractivity contribution in [3.05, 3.63) is 300 Å². The van der Waals surface area contributed by atoms with Gasteiger partial charge in [-0.1, -0.05) is 138 Å². The summed E-state index contributed by atoms with van der Waals surface area (Å²) in [6, 6.07) is 47.3. The van der Waals surface area contributed by atoms with Crippen molar-refractivity contribution >= 4 is 137 Å². The lowest BCUT2D eigenvalue weighted by Crippen LogP contribution is -2.40. The number of hydrogen-bond acceptors (Lipinski definition) is 24. The molecule has 128 heavy (non-hydrogen) atoms. The lowest BCUT2D eigenvalue weighted by Gasteiger charge is -2.34. The van der Waals surface area contributed by atoms with E-state index in [2.05, 4.69) is 30.3 Å². The normalized spacial score (nSPS) is 19.8. The van der Waals surface area contributed by atoms with Crippen molar-refractivity contribution < 1.29 is 83.3 Å². The molecule has 8 unspecified atom stereocenters. The molecule has 0 aliphatic carbocycles. The van der Waals surface area contributed by atoms with Crippen LogP contribution in [-0.4, -0.2) is 186 Å². The number of halogens is 3. The van der Waals surface area contributed by atoms with E-state index in [0.29, 0.717) is 120 Å². The van der Waals surface area contributed by atoms with E-state index in [4.69, 9.17) is 40.9 Å². The Morgan fingerprint density at radius 2 is 0.648 bits per heavy atom. The summed E-state index contributed by atoms with van der Waals surface area (Å²) in [4.78, 5) is 59.3. The van der Waals surface area contributed by atoms with Crippen LogP contribution in [0.2, 0.25) is 10.0 Å². The largest absolute Gasteiger partial charge is 0.507 e. The van der Waals surface area contributed by atoms with E-state index in [-0.39, 0.29) is 95.6 Å². The Morgan fingerprint density at radius 1 is 0.344 bits per heavy atom. The summed E-state index contributed by atoms with van der Waals surface area (Å²) >= 11 is 12.4. The van der Waals surface area contributed by atoms with Crippen molar-refractivity contribution in [2.75, 3.05) is 80.5 Å². The predicted molar refractivity (Wildman–Crippen MR) is 498 cm³/mol. The highest BCUT2D eigenvalue weighted by Crippen LogP contribution is 2.48. The molecule has 4 aliphatic heterocycles. The van der Waals surface area contributed by atoms with Crippen LogP contribution in [0.5, 0.6) is 46.0 Å². The molecule has 0 spiro atoms. The van der Waals surface area contributed by atoms with E-state index in [1.165, 1.54) is 42.5 Å². The van der Waals surface area contributed by atoms with E-state index in [0.717, 1.165) is 75.6 Å². The van der Waals surface area contributed by atoms with Crippen LogP contribution >= 0.6 is 23.2 Å². The first kappa shape index (κ1) is 89.9. The van der Waals surface area contributed by atoms with Gasteiger partial charge in [-0.25, -0.2) is 4.39 Å². The van der Waals surface area contributed by atoms with E-state index >= 15 is 0 Å². The number of phenolic OH excluding ortho intramolecular Hbond substituents is 8. The number of likely N-dealkylation sites (N-methyl/N-ethyl adjacent to an activating group) is 4. The zero-order valence-corrected chi connectivity index (χ0v) is 72.0. The Labute approximate surface area is 742 Å². The Kier molecular flexibility index (Phi) is 26.9. The minimum Gasteiger partial charge on any atom is -0.507 e. The molecule has 12 N–H and O–H groups in total. The van der Waals surface area contributed by atoms with Gasteiger partial charge in [0.2, 0.25) is 0 Å². The lowest BCUT2D eigenvalue weighted by molar-refractivity contribution is 0.0629. The number of aliphatic hydroxyl groups excluding tert-OH is 4. The number of β-amino-alcohol motifs (C(OH)–C–C–N with tert-alkyl or cyclic N) is 4. The van der Waals surface area contributed by atoms with Crippen molar-refractivity contribution in [3.63, 3.8) is 0 Å². The van der Waals surface area contributed by atoms with Gasteiger partial charge in [0.25, 0.3) is 0 Å². The zero-order chi connectivity index (χ0) is 90.8. The third-order valence-electron chi connectivity index (χ3n) is 24.2. The molecule has 14 aromatic rings. The van der Waals surface area contributed by atoms with Crippen LogP contribution in [0.25, 0.3) is 114 Å². The van der Waals surface area contributed by atoms with Crippen LogP contribution in [0.15, 0.2) is 207 Å². The standard InChI is InChI=1S/C31H27NO5.C24H25NO5.C23H21Cl2NO5.C23H22FNO5/c1-32-13-12-24(28(36)17-32)29-26(34)16-27(35)30-25(33)15-20(37-31(29)30)10-11-23-21-8-4-2-6-18(21)14-19-7-3-5-9-22(19)23;1-14-3-5-15(6-4-14)7-8-16-11-18(26)23-20(28)12-19(27)22(24(23)30-16)17-9-10-25(2)13-21(17)29;1-26-8-7-14(20(30)11-26)21-18(28)10-19(29)22-17(27)9-12(31-23(21)22)5-6-13-15(24)3-2-4-16(13)25;1-25-9-8-15(20(29)12-25)21-18(27)11-19(28)22-17(26)10-14(30-23(21)22)7-6-13-4-2-3-5-16(13)24/h2-11,14-16,24,28,34-36H,12-13,17H2,1H3;3-8,11-12,17,21,27-29H,9-10,13H2,1-2H3;2-6,9-10,14,20,28-30H,7-8,11H2,1H3;2-7,10-11,15,20,27-29H,8-9,12H2,1H3/b11-10+;8-7+;6-5+;7-6+. The molecule has 24 nitrogen and oxygen atoms in total. The molecule has 4 fully saturated rings. The number of fused-ring (bicyclic) bond motifs is 6.